The minimum atomic E-state index is -0.409. The second-order valence-electron chi connectivity index (χ2n) is 5.50. The minimum absolute atomic E-state index is 0.0177. The maximum absolute atomic E-state index is 12.3. The third-order valence-electron chi connectivity index (χ3n) is 3.63. The van der Waals surface area contributed by atoms with Crippen molar-refractivity contribution in [3.63, 3.8) is 0 Å². The molecule has 1 aromatic carbocycles. The van der Waals surface area contributed by atoms with E-state index in [1.165, 1.54) is 34.9 Å². The zero-order chi connectivity index (χ0) is 18.5. The molecule has 1 aliphatic heterocycles. The molecule has 2 aromatic rings. The van der Waals surface area contributed by atoms with E-state index in [1.54, 1.807) is 17.0 Å². The van der Waals surface area contributed by atoms with Gasteiger partial charge in [-0.1, -0.05) is 34.9 Å². The van der Waals surface area contributed by atoms with Crippen molar-refractivity contribution >= 4 is 58.1 Å². The normalized spacial score (nSPS) is 14.0. The van der Waals surface area contributed by atoms with E-state index < -0.39 is 5.91 Å². The van der Waals surface area contributed by atoms with Crippen LogP contribution < -0.4 is 10.6 Å². The van der Waals surface area contributed by atoms with Crippen molar-refractivity contribution in [2.45, 2.75) is 21.5 Å². The highest BCUT2D eigenvalue weighted by Crippen LogP contribution is 2.29. The molecule has 0 bridgehead atoms. The molecule has 0 spiro atoms. The van der Waals surface area contributed by atoms with Crippen molar-refractivity contribution in [2.75, 3.05) is 23.0 Å². The van der Waals surface area contributed by atoms with Gasteiger partial charge < -0.3 is 10.6 Å². The van der Waals surface area contributed by atoms with E-state index >= 15 is 0 Å². The Morgan fingerprint density at radius 3 is 2.35 bits per heavy atom. The lowest BCUT2D eigenvalue weighted by atomic mass is 10.1. The number of carbonyl (C=O) groups is 3. The first kappa shape index (κ1) is 18.9. The molecule has 2 amide bonds. The van der Waals surface area contributed by atoms with Crippen LogP contribution in [0, 0.1) is 0 Å². The molecule has 1 fully saturated rings. The number of thioether (sulfide) groups is 2. The van der Waals surface area contributed by atoms with Crippen molar-refractivity contribution < 1.29 is 14.4 Å². The number of benzene rings is 1. The molecule has 136 valence electrons. The Bertz CT molecular complexity index is 822. The number of hydrogen-bond acceptors (Lipinski definition) is 8. The summed E-state index contributed by atoms with van der Waals surface area (Å²) in [6.45, 7) is 0.731. The summed E-state index contributed by atoms with van der Waals surface area (Å²) in [6, 6.07) is 7.12. The minimum Gasteiger partial charge on any atom is -0.369 e. The van der Waals surface area contributed by atoms with Gasteiger partial charge in [-0.2, -0.15) is 0 Å². The number of Topliss-reactive ketones (excluding diaryl/α,β-unsaturated/α-hetero) is 1. The third kappa shape index (κ3) is 4.83. The third-order valence-corrected chi connectivity index (χ3v) is 6.84. The molecule has 1 aromatic heterocycles. The highest BCUT2D eigenvalue weighted by Gasteiger charge is 2.21. The van der Waals surface area contributed by atoms with Gasteiger partial charge in [-0.25, -0.2) is 0 Å². The van der Waals surface area contributed by atoms with E-state index in [2.05, 4.69) is 10.2 Å². The van der Waals surface area contributed by atoms with Gasteiger partial charge in [0.1, 0.15) is 0 Å². The maximum atomic E-state index is 12.3. The van der Waals surface area contributed by atoms with Crippen LogP contribution in [0.15, 0.2) is 32.9 Å². The molecule has 1 aliphatic rings. The van der Waals surface area contributed by atoms with E-state index in [9.17, 15) is 14.4 Å². The first-order chi connectivity index (χ1) is 12.5. The van der Waals surface area contributed by atoms with Crippen molar-refractivity contribution in [3.05, 3.63) is 29.8 Å². The SMILES string of the molecule is NC(=O)CSc1nnc(SCC(=O)c2ccc(N3CCCC3=O)cc2)s1. The van der Waals surface area contributed by atoms with E-state index in [4.69, 9.17) is 5.73 Å². The average molecular weight is 409 g/mol. The van der Waals surface area contributed by atoms with Gasteiger partial charge in [0.15, 0.2) is 14.5 Å². The number of carbonyl (C=O) groups excluding carboxylic acids is 3. The largest absolute Gasteiger partial charge is 0.369 e. The summed E-state index contributed by atoms with van der Waals surface area (Å²) in [6.07, 6.45) is 1.45. The number of nitrogens with two attached hydrogens (primary N) is 1. The summed E-state index contributed by atoms with van der Waals surface area (Å²) < 4.78 is 1.32. The van der Waals surface area contributed by atoms with Gasteiger partial charge in [0.05, 0.1) is 11.5 Å². The molecule has 7 nitrogen and oxygen atoms in total. The van der Waals surface area contributed by atoms with Crippen LogP contribution in [0.3, 0.4) is 0 Å². The van der Waals surface area contributed by atoms with Crippen molar-refractivity contribution in [2.24, 2.45) is 5.73 Å². The lowest BCUT2D eigenvalue weighted by molar-refractivity contribution is -0.117. The molecule has 0 radical (unpaired) electrons. The fourth-order valence-corrected chi connectivity index (χ4v) is 5.06. The Kier molecular flexibility index (Phi) is 6.28. The molecule has 0 atom stereocenters. The molecular formula is C16H16N4O3S3. The van der Waals surface area contributed by atoms with Gasteiger partial charge in [0.25, 0.3) is 0 Å². The molecule has 0 aliphatic carbocycles. The zero-order valence-electron chi connectivity index (χ0n) is 13.7. The molecule has 2 N–H and O–H groups in total. The summed E-state index contributed by atoms with van der Waals surface area (Å²) in [7, 11) is 0. The Morgan fingerprint density at radius 2 is 1.77 bits per heavy atom. The highest BCUT2D eigenvalue weighted by molar-refractivity contribution is 8.03. The van der Waals surface area contributed by atoms with Crippen molar-refractivity contribution in [1.29, 1.82) is 0 Å². The quantitative estimate of drug-likeness (QED) is 0.527. The second kappa shape index (κ2) is 8.65. The number of aromatic nitrogens is 2. The predicted octanol–water partition coefficient (Wildman–Crippen LogP) is 2.22. The van der Waals surface area contributed by atoms with E-state index in [0.29, 0.717) is 20.7 Å². The van der Waals surface area contributed by atoms with Gasteiger partial charge in [0, 0.05) is 24.2 Å². The topological polar surface area (TPSA) is 106 Å². The van der Waals surface area contributed by atoms with Crippen molar-refractivity contribution in [3.8, 4) is 0 Å². The number of anilines is 1. The van der Waals surface area contributed by atoms with Crippen LogP contribution in [0.1, 0.15) is 23.2 Å². The fourth-order valence-electron chi connectivity index (χ4n) is 2.41. The Labute approximate surface area is 162 Å². The molecule has 26 heavy (non-hydrogen) atoms. The van der Waals surface area contributed by atoms with Gasteiger partial charge in [0.2, 0.25) is 11.8 Å². The van der Waals surface area contributed by atoms with E-state index in [0.717, 1.165) is 18.7 Å². The first-order valence-corrected chi connectivity index (χ1v) is 10.6. The number of primary amides is 1. The van der Waals surface area contributed by atoms with E-state index in [1.807, 2.05) is 12.1 Å². The number of hydrogen-bond donors (Lipinski definition) is 1. The van der Waals surface area contributed by atoms with Crippen LogP contribution in [0.2, 0.25) is 0 Å². The molecule has 10 heteroatoms. The summed E-state index contributed by atoms with van der Waals surface area (Å²) >= 11 is 3.87. The Hall–Kier alpha value is -1.91. The Morgan fingerprint density at radius 1 is 1.12 bits per heavy atom. The summed E-state index contributed by atoms with van der Waals surface area (Å²) in [4.78, 5) is 36.6. The number of amides is 2. The lowest BCUT2D eigenvalue weighted by Crippen LogP contribution is -2.23. The summed E-state index contributed by atoms with van der Waals surface area (Å²) in [5, 5.41) is 7.95. The zero-order valence-corrected chi connectivity index (χ0v) is 16.2. The standard InChI is InChI=1S/C16H16N4O3S3/c17-13(22)9-25-16-19-18-15(26-16)24-8-12(21)10-3-5-11(6-4-10)20-7-1-2-14(20)23/h3-6H,1-2,7-9H2,(H2,17,22). The molecule has 0 unspecified atom stereocenters. The van der Waals surface area contributed by atoms with Gasteiger partial charge in [-0.3, -0.25) is 14.4 Å². The molecule has 3 rings (SSSR count). The van der Waals surface area contributed by atoms with Crippen molar-refractivity contribution in [1.82, 2.24) is 10.2 Å². The van der Waals surface area contributed by atoms with Crippen LogP contribution in [0.4, 0.5) is 5.69 Å². The van der Waals surface area contributed by atoms with Gasteiger partial charge in [-0.15, -0.1) is 10.2 Å². The second-order valence-corrected chi connectivity index (χ2v) is 8.92. The monoisotopic (exact) mass is 408 g/mol. The van der Waals surface area contributed by atoms with Crippen LogP contribution in [0.5, 0.6) is 0 Å². The van der Waals surface area contributed by atoms with Crippen LogP contribution in [-0.4, -0.2) is 45.8 Å². The van der Waals surface area contributed by atoms with Gasteiger partial charge >= 0.3 is 0 Å². The number of ketones is 1. The number of nitrogens with zero attached hydrogens (tertiary/aromatic N) is 3. The summed E-state index contributed by atoms with van der Waals surface area (Å²) in [5.74, 6) is 0.103. The maximum Gasteiger partial charge on any atom is 0.227 e. The average Bonchev–Trinajstić information content (AvgIpc) is 3.27. The van der Waals surface area contributed by atoms with Crippen LogP contribution in [0.25, 0.3) is 0 Å². The van der Waals surface area contributed by atoms with Crippen LogP contribution in [-0.2, 0) is 9.59 Å². The summed E-state index contributed by atoms with van der Waals surface area (Å²) in [5.41, 5.74) is 6.52. The van der Waals surface area contributed by atoms with E-state index in [-0.39, 0.29) is 23.2 Å². The molecule has 1 saturated heterocycles. The molecule has 0 saturated carbocycles. The van der Waals surface area contributed by atoms with Crippen LogP contribution >= 0.6 is 34.9 Å². The number of rotatable bonds is 8. The predicted molar refractivity (Wildman–Crippen MR) is 103 cm³/mol. The molecular weight excluding hydrogens is 392 g/mol. The molecule has 2 heterocycles. The van der Waals surface area contributed by atoms with Gasteiger partial charge in [-0.05, 0) is 30.7 Å². The lowest BCUT2D eigenvalue weighted by Gasteiger charge is -2.15. The highest BCUT2D eigenvalue weighted by atomic mass is 32.2. The smallest absolute Gasteiger partial charge is 0.227 e. The first-order valence-electron chi connectivity index (χ1n) is 7.84. The fraction of sp³-hybridized carbons (Fsp3) is 0.312. The Balaban J connectivity index is 1.53.